The van der Waals surface area contributed by atoms with E-state index in [2.05, 4.69) is 19.2 Å². The first-order valence-electron chi connectivity index (χ1n) is 7.84. The second kappa shape index (κ2) is 8.36. The zero-order valence-corrected chi connectivity index (χ0v) is 14.7. The molecule has 0 saturated heterocycles. The summed E-state index contributed by atoms with van der Waals surface area (Å²) in [5.41, 5.74) is 0.824. The highest BCUT2D eigenvalue weighted by Gasteiger charge is 2.30. The molecule has 0 spiro atoms. The van der Waals surface area contributed by atoms with Crippen molar-refractivity contribution in [1.29, 1.82) is 0 Å². The zero-order valence-electron chi connectivity index (χ0n) is 13.9. The van der Waals surface area contributed by atoms with Crippen LogP contribution in [0, 0.1) is 5.92 Å². The normalized spacial score (nSPS) is 16.9. The number of rotatable bonds is 7. The summed E-state index contributed by atoms with van der Waals surface area (Å²) in [6, 6.07) is 7.67. The molecule has 1 aromatic carbocycles. The minimum absolute atomic E-state index is 0.00258. The molecule has 23 heavy (non-hydrogen) atoms. The number of hydrogen-bond acceptors (Lipinski definition) is 4. The number of thioether (sulfide) groups is 1. The minimum atomic E-state index is -0.380. The maximum atomic E-state index is 12.6. The fourth-order valence-corrected chi connectivity index (χ4v) is 3.58. The summed E-state index contributed by atoms with van der Waals surface area (Å²) >= 11 is 1.46. The van der Waals surface area contributed by atoms with E-state index in [9.17, 15) is 9.59 Å². The lowest BCUT2D eigenvalue weighted by Gasteiger charge is -2.28. The van der Waals surface area contributed by atoms with E-state index < -0.39 is 0 Å². The van der Waals surface area contributed by atoms with E-state index in [0.717, 1.165) is 10.6 Å². The predicted octanol–water partition coefficient (Wildman–Crippen LogP) is 2.62. The molecule has 2 amide bonds. The van der Waals surface area contributed by atoms with Gasteiger partial charge in [0.05, 0.1) is 17.5 Å². The van der Waals surface area contributed by atoms with E-state index in [4.69, 9.17) is 4.74 Å². The molecule has 1 heterocycles. The van der Waals surface area contributed by atoms with Crippen LogP contribution in [0.15, 0.2) is 29.2 Å². The van der Waals surface area contributed by atoms with Gasteiger partial charge < -0.3 is 15.0 Å². The van der Waals surface area contributed by atoms with Crippen molar-refractivity contribution in [2.45, 2.75) is 30.4 Å². The van der Waals surface area contributed by atoms with Crippen LogP contribution in [0.2, 0.25) is 0 Å². The van der Waals surface area contributed by atoms with Gasteiger partial charge in [0, 0.05) is 31.5 Å². The van der Waals surface area contributed by atoms with Crippen LogP contribution in [0.1, 0.15) is 20.3 Å². The van der Waals surface area contributed by atoms with Crippen molar-refractivity contribution in [3.05, 3.63) is 24.3 Å². The molecule has 0 fully saturated rings. The van der Waals surface area contributed by atoms with E-state index in [0.29, 0.717) is 25.6 Å². The van der Waals surface area contributed by atoms with Crippen molar-refractivity contribution in [3.63, 3.8) is 0 Å². The van der Waals surface area contributed by atoms with Crippen molar-refractivity contribution in [1.82, 2.24) is 4.90 Å². The van der Waals surface area contributed by atoms with Gasteiger partial charge in [0.1, 0.15) is 0 Å². The van der Waals surface area contributed by atoms with E-state index in [-0.39, 0.29) is 23.5 Å². The summed E-state index contributed by atoms with van der Waals surface area (Å²) in [6.45, 7) is 5.89. The van der Waals surface area contributed by atoms with Crippen LogP contribution in [-0.2, 0) is 14.3 Å². The van der Waals surface area contributed by atoms with Crippen LogP contribution in [0.3, 0.4) is 0 Å². The van der Waals surface area contributed by atoms with Crippen LogP contribution >= 0.6 is 11.8 Å². The minimum Gasteiger partial charge on any atom is -0.383 e. The lowest BCUT2D eigenvalue weighted by atomic mass is 10.1. The number of fused-ring (bicyclic) bond motifs is 1. The smallest absolute Gasteiger partial charge is 0.238 e. The summed E-state index contributed by atoms with van der Waals surface area (Å²) in [5, 5.41) is 2.50. The molecule has 0 saturated carbocycles. The van der Waals surface area contributed by atoms with Crippen LogP contribution in [0.25, 0.3) is 0 Å². The van der Waals surface area contributed by atoms with Crippen LogP contribution in [0.5, 0.6) is 0 Å². The number of methoxy groups -OCH3 is 1. The van der Waals surface area contributed by atoms with Gasteiger partial charge in [-0.2, -0.15) is 0 Å². The summed E-state index contributed by atoms with van der Waals surface area (Å²) in [7, 11) is 1.62. The van der Waals surface area contributed by atoms with Gasteiger partial charge in [-0.05, 0) is 18.1 Å². The standard InChI is InChI=1S/C17H24N2O3S/c1-12(2)11-19(8-9-22-3)16(20)10-15-17(21)18-13-6-4-5-7-14(13)23-15/h4-7,12,15H,8-11H2,1-3H3,(H,18,21). The van der Waals surface area contributed by atoms with E-state index in [1.165, 1.54) is 11.8 Å². The Bertz CT molecular complexity index is 563. The first-order valence-corrected chi connectivity index (χ1v) is 8.72. The Morgan fingerprint density at radius 1 is 1.39 bits per heavy atom. The number of hydrogen-bond donors (Lipinski definition) is 1. The third-order valence-corrected chi connectivity index (χ3v) is 4.85. The molecule has 0 radical (unpaired) electrons. The van der Waals surface area contributed by atoms with Crippen molar-refractivity contribution in [2.24, 2.45) is 5.92 Å². The average Bonchev–Trinajstić information content (AvgIpc) is 2.51. The molecule has 1 aliphatic rings. The van der Waals surface area contributed by atoms with Crippen molar-refractivity contribution in [2.75, 3.05) is 32.1 Å². The summed E-state index contributed by atoms with van der Waals surface area (Å²) in [6.07, 6.45) is 0.210. The molecular formula is C17H24N2O3S. The Kier molecular flexibility index (Phi) is 6.47. The fourth-order valence-electron chi connectivity index (χ4n) is 2.47. The molecule has 5 nitrogen and oxygen atoms in total. The number of ether oxygens (including phenoxy) is 1. The van der Waals surface area contributed by atoms with Gasteiger partial charge in [-0.15, -0.1) is 11.8 Å². The number of carbonyl (C=O) groups is 2. The number of amides is 2. The highest BCUT2D eigenvalue weighted by Crippen LogP contribution is 2.36. The Morgan fingerprint density at radius 3 is 2.83 bits per heavy atom. The van der Waals surface area contributed by atoms with Gasteiger partial charge in [0.15, 0.2) is 0 Å². The fraction of sp³-hybridized carbons (Fsp3) is 0.529. The van der Waals surface area contributed by atoms with Crippen molar-refractivity contribution in [3.8, 4) is 0 Å². The SMILES string of the molecule is COCCN(CC(C)C)C(=O)CC1Sc2ccccc2NC1=O. The Hall–Kier alpha value is -1.53. The molecule has 1 aromatic rings. The second-order valence-corrected chi connectivity index (χ2v) is 7.27. The highest BCUT2D eigenvalue weighted by molar-refractivity contribution is 8.01. The van der Waals surface area contributed by atoms with Gasteiger partial charge >= 0.3 is 0 Å². The second-order valence-electron chi connectivity index (χ2n) is 6.02. The molecule has 0 aromatic heterocycles. The van der Waals surface area contributed by atoms with E-state index in [1.807, 2.05) is 24.3 Å². The van der Waals surface area contributed by atoms with Gasteiger partial charge in [-0.25, -0.2) is 0 Å². The first-order chi connectivity index (χ1) is 11.0. The quantitative estimate of drug-likeness (QED) is 0.831. The number of nitrogens with one attached hydrogen (secondary N) is 1. The Labute approximate surface area is 141 Å². The Balaban J connectivity index is 2.01. The summed E-state index contributed by atoms with van der Waals surface area (Å²) in [5.74, 6) is 0.283. The Morgan fingerprint density at radius 2 is 2.13 bits per heavy atom. The van der Waals surface area contributed by atoms with Crippen LogP contribution in [0.4, 0.5) is 5.69 Å². The van der Waals surface area contributed by atoms with Crippen molar-refractivity contribution >= 4 is 29.3 Å². The molecule has 0 bridgehead atoms. The molecule has 2 rings (SSSR count). The first kappa shape index (κ1) is 17.8. The van der Waals surface area contributed by atoms with E-state index >= 15 is 0 Å². The lowest BCUT2D eigenvalue weighted by molar-refractivity contribution is -0.133. The average molecular weight is 336 g/mol. The van der Waals surface area contributed by atoms with Gasteiger partial charge in [-0.1, -0.05) is 26.0 Å². The number of anilines is 1. The molecule has 0 aliphatic carbocycles. The van der Waals surface area contributed by atoms with Gasteiger partial charge in [0.2, 0.25) is 11.8 Å². The van der Waals surface area contributed by atoms with Gasteiger partial charge in [-0.3, -0.25) is 9.59 Å². The molecular weight excluding hydrogens is 312 g/mol. The number of nitrogens with zero attached hydrogens (tertiary/aromatic N) is 1. The molecule has 1 aliphatic heterocycles. The summed E-state index contributed by atoms with van der Waals surface area (Å²) < 4.78 is 5.08. The monoisotopic (exact) mass is 336 g/mol. The van der Waals surface area contributed by atoms with Crippen LogP contribution < -0.4 is 5.32 Å². The zero-order chi connectivity index (χ0) is 16.8. The van der Waals surface area contributed by atoms with Crippen molar-refractivity contribution < 1.29 is 14.3 Å². The third-order valence-electron chi connectivity index (χ3n) is 3.57. The third kappa shape index (κ3) is 4.97. The molecule has 1 N–H and O–H groups in total. The van der Waals surface area contributed by atoms with E-state index in [1.54, 1.807) is 12.0 Å². The molecule has 1 atom stereocenters. The maximum Gasteiger partial charge on any atom is 0.238 e. The number of carbonyl (C=O) groups excluding carboxylic acids is 2. The largest absolute Gasteiger partial charge is 0.383 e. The highest BCUT2D eigenvalue weighted by atomic mass is 32.2. The van der Waals surface area contributed by atoms with Gasteiger partial charge in [0.25, 0.3) is 0 Å². The maximum absolute atomic E-state index is 12.6. The molecule has 126 valence electrons. The number of para-hydroxylation sites is 1. The topological polar surface area (TPSA) is 58.6 Å². The summed E-state index contributed by atoms with van der Waals surface area (Å²) in [4.78, 5) is 27.6. The number of benzene rings is 1. The van der Waals surface area contributed by atoms with Crippen LogP contribution in [-0.4, -0.2) is 48.8 Å². The predicted molar refractivity (Wildman–Crippen MR) is 92.6 cm³/mol. The lowest BCUT2D eigenvalue weighted by Crippen LogP contribution is -2.40. The molecule has 6 heteroatoms. The molecule has 1 unspecified atom stereocenters.